The molecule has 0 fully saturated rings. The quantitative estimate of drug-likeness (QED) is 0.504. The lowest BCUT2D eigenvalue weighted by atomic mass is 10.4. The van der Waals surface area contributed by atoms with Crippen molar-refractivity contribution in [3.05, 3.63) is 0 Å². The van der Waals surface area contributed by atoms with Crippen molar-refractivity contribution in [2.75, 3.05) is 23.0 Å². The standard InChI is InChI=1S/2C5H11NO2S/c2*1-2-9-3-4(6)5(7)8/h2*4H,2-3,6H2,1H3,(H,7,8)/t2*4-/m00/s1. The highest BCUT2D eigenvalue weighted by molar-refractivity contribution is 7.99. The lowest BCUT2D eigenvalue weighted by Crippen LogP contribution is -2.32. The molecule has 8 heteroatoms. The minimum absolute atomic E-state index is 0.506. The molecule has 0 aromatic rings. The molecule has 0 heterocycles. The van der Waals surface area contributed by atoms with Gasteiger partial charge >= 0.3 is 11.9 Å². The summed E-state index contributed by atoms with van der Waals surface area (Å²) in [5, 5.41) is 16.5. The van der Waals surface area contributed by atoms with E-state index in [1.54, 1.807) is 0 Å². The molecular formula is C10H22N2O4S2. The molecule has 18 heavy (non-hydrogen) atoms. The predicted octanol–water partition coefficient (Wildman–Crippen LogP) is 0.303. The summed E-state index contributed by atoms with van der Waals surface area (Å²) in [6.07, 6.45) is 0. The van der Waals surface area contributed by atoms with E-state index in [-0.39, 0.29) is 0 Å². The Morgan fingerprint density at radius 1 is 0.944 bits per heavy atom. The van der Waals surface area contributed by atoms with Crippen LogP contribution in [0.4, 0.5) is 0 Å². The van der Waals surface area contributed by atoms with Gasteiger partial charge in [-0.25, -0.2) is 0 Å². The first kappa shape index (κ1) is 19.9. The van der Waals surface area contributed by atoms with Crippen molar-refractivity contribution in [2.45, 2.75) is 25.9 Å². The van der Waals surface area contributed by atoms with Gasteiger partial charge in [-0.15, -0.1) is 0 Å². The maximum Gasteiger partial charge on any atom is 0.321 e. The molecule has 0 bridgehead atoms. The van der Waals surface area contributed by atoms with Crippen LogP contribution in [-0.4, -0.2) is 57.2 Å². The summed E-state index contributed by atoms with van der Waals surface area (Å²) in [4.78, 5) is 20.1. The third-order valence-corrected chi connectivity index (χ3v) is 3.64. The second-order valence-corrected chi connectivity index (χ2v) is 5.85. The van der Waals surface area contributed by atoms with E-state index in [0.29, 0.717) is 11.5 Å². The maximum atomic E-state index is 10.1. The van der Waals surface area contributed by atoms with Gasteiger partial charge in [-0.1, -0.05) is 13.8 Å². The first-order valence-corrected chi connectivity index (χ1v) is 7.79. The monoisotopic (exact) mass is 298 g/mol. The number of hydrogen-bond acceptors (Lipinski definition) is 6. The van der Waals surface area contributed by atoms with E-state index in [2.05, 4.69) is 0 Å². The Morgan fingerprint density at radius 3 is 1.39 bits per heavy atom. The number of aliphatic carboxylic acids is 2. The van der Waals surface area contributed by atoms with E-state index in [0.717, 1.165) is 11.5 Å². The van der Waals surface area contributed by atoms with Crippen molar-refractivity contribution in [3.63, 3.8) is 0 Å². The van der Waals surface area contributed by atoms with Crippen LogP contribution in [0.5, 0.6) is 0 Å². The fourth-order valence-corrected chi connectivity index (χ4v) is 1.90. The van der Waals surface area contributed by atoms with E-state index >= 15 is 0 Å². The fourth-order valence-electron chi connectivity index (χ4n) is 0.632. The van der Waals surface area contributed by atoms with Crippen LogP contribution in [0.15, 0.2) is 0 Å². The molecule has 0 amide bonds. The molecule has 0 radical (unpaired) electrons. The summed E-state index contributed by atoms with van der Waals surface area (Å²) >= 11 is 3.08. The highest BCUT2D eigenvalue weighted by Crippen LogP contribution is 1.99. The summed E-state index contributed by atoms with van der Waals surface area (Å²) in [6, 6.07) is -1.40. The van der Waals surface area contributed by atoms with Gasteiger partial charge in [0.1, 0.15) is 12.1 Å². The molecule has 0 aromatic heterocycles. The Morgan fingerprint density at radius 2 is 1.22 bits per heavy atom. The highest BCUT2D eigenvalue weighted by atomic mass is 32.2. The molecule has 0 unspecified atom stereocenters. The zero-order valence-corrected chi connectivity index (χ0v) is 12.3. The lowest BCUT2D eigenvalue weighted by Gasteiger charge is -2.02. The zero-order valence-electron chi connectivity index (χ0n) is 10.7. The van der Waals surface area contributed by atoms with Gasteiger partial charge in [0.2, 0.25) is 0 Å². The molecule has 6 N–H and O–H groups in total. The van der Waals surface area contributed by atoms with Crippen LogP contribution < -0.4 is 11.5 Å². The van der Waals surface area contributed by atoms with Crippen molar-refractivity contribution in [3.8, 4) is 0 Å². The van der Waals surface area contributed by atoms with Gasteiger partial charge in [0.25, 0.3) is 0 Å². The van der Waals surface area contributed by atoms with Gasteiger partial charge in [-0.2, -0.15) is 23.5 Å². The van der Waals surface area contributed by atoms with Gasteiger partial charge in [0, 0.05) is 11.5 Å². The molecule has 0 aliphatic heterocycles. The molecule has 2 atom stereocenters. The van der Waals surface area contributed by atoms with Crippen molar-refractivity contribution in [1.29, 1.82) is 0 Å². The molecule has 0 aromatic carbocycles. The largest absolute Gasteiger partial charge is 0.480 e. The predicted molar refractivity (Wildman–Crippen MR) is 77.2 cm³/mol. The molecule has 0 spiro atoms. The number of carboxylic acid groups (broad SMARTS) is 2. The van der Waals surface area contributed by atoms with E-state index in [1.165, 1.54) is 23.5 Å². The Labute approximate surface area is 116 Å². The molecule has 108 valence electrons. The summed E-state index contributed by atoms with van der Waals surface area (Å²) in [5.41, 5.74) is 10.4. The second-order valence-electron chi connectivity index (χ2n) is 3.21. The summed E-state index contributed by atoms with van der Waals surface area (Å²) in [5.74, 6) is 1.01. The molecule has 0 aliphatic carbocycles. The first-order valence-electron chi connectivity index (χ1n) is 5.48. The van der Waals surface area contributed by atoms with E-state index < -0.39 is 24.0 Å². The Balaban J connectivity index is 0. The summed E-state index contributed by atoms with van der Waals surface area (Å²) in [7, 11) is 0. The van der Waals surface area contributed by atoms with Crippen LogP contribution >= 0.6 is 23.5 Å². The lowest BCUT2D eigenvalue weighted by molar-refractivity contribution is -0.138. The average molecular weight is 298 g/mol. The first-order chi connectivity index (χ1) is 8.36. The van der Waals surface area contributed by atoms with Crippen LogP contribution in [0.25, 0.3) is 0 Å². The van der Waals surface area contributed by atoms with Crippen molar-refractivity contribution in [1.82, 2.24) is 0 Å². The minimum Gasteiger partial charge on any atom is -0.480 e. The third-order valence-electron chi connectivity index (χ3n) is 1.64. The van der Waals surface area contributed by atoms with Gasteiger partial charge in [0.05, 0.1) is 0 Å². The number of carbonyl (C=O) groups is 2. The number of thioether (sulfide) groups is 2. The molecule has 6 nitrogen and oxygen atoms in total. The molecular weight excluding hydrogens is 276 g/mol. The fraction of sp³-hybridized carbons (Fsp3) is 0.800. The van der Waals surface area contributed by atoms with Gasteiger partial charge in [-0.3, -0.25) is 9.59 Å². The van der Waals surface area contributed by atoms with Crippen molar-refractivity contribution < 1.29 is 19.8 Å². The Bertz CT molecular complexity index is 218. The SMILES string of the molecule is CCSC[C@H](N)C(=O)O.CCSC[C@H](N)C(=O)O. The van der Waals surface area contributed by atoms with Gasteiger partial charge in [-0.05, 0) is 11.5 Å². The van der Waals surface area contributed by atoms with E-state index in [4.69, 9.17) is 21.7 Å². The normalized spacial score (nSPS) is 13.1. The summed E-state index contributed by atoms with van der Waals surface area (Å²) in [6.45, 7) is 3.94. The van der Waals surface area contributed by atoms with E-state index in [9.17, 15) is 9.59 Å². The zero-order chi connectivity index (χ0) is 14.6. The maximum absolute atomic E-state index is 10.1. The second kappa shape index (κ2) is 13.0. The van der Waals surface area contributed by atoms with Crippen LogP contribution in [-0.2, 0) is 9.59 Å². The van der Waals surface area contributed by atoms with Gasteiger partial charge in [0.15, 0.2) is 0 Å². The third kappa shape index (κ3) is 13.6. The Kier molecular flexibility index (Phi) is 14.4. The van der Waals surface area contributed by atoms with Crippen molar-refractivity contribution >= 4 is 35.5 Å². The molecule has 0 aliphatic rings. The summed E-state index contributed by atoms with van der Waals surface area (Å²) < 4.78 is 0. The molecule has 0 rings (SSSR count). The molecule has 0 saturated heterocycles. The van der Waals surface area contributed by atoms with Crippen LogP contribution in [0.3, 0.4) is 0 Å². The smallest absolute Gasteiger partial charge is 0.321 e. The number of rotatable bonds is 8. The van der Waals surface area contributed by atoms with Crippen LogP contribution in [0.2, 0.25) is 0 Å². The number of carboxylic acids is 2. The number of hydrogen-bond donors (Lipinski definition) is 4. The highest BCUT2D eigenvalue weighted by Gasteiger charge is 2.09. The Hall–Kier alpha value is -0.440. The van der Waals surface area contributed by atoms with Gasteiger partial charge < -0.3 is 21.7 Å². The van der Waals surface area contributed by atoms with E-state index in [1.807, 2.05) is 13.8 Å². The topological polar surface area (TPSA) is 127 Å². The van der Waals surface area contributed by atoms with Crippen LogP contribution in [0, 0.1) is 0 Å². The average Bonchev–Trinajstić information content (AvgIpc) is 2.33. The minimum atomic E-state index is -0.920. The molecule has 0 saturated carbocycles. The van der Waals surface area contributed by atoms with Crippen molar-refractivity contribution in [2.24, 2.45) is 11.5 Å². The van der Waals surface area contributed by atoms with Crippen LogP contribution in [0.1, 0.15) is 13.8 Å². The number of nitrogens with two attached hydrogens (primary N) is 2.